The summed E-state index contributed by atoms with van der Waals surface area (Å²) in [6, 6.07) is 7.01. The van der Waals surface area contributed by atoms with Crippen LogP contribution >= 0.6 is 24.0 Å². The second-order valence-corrected chi connectivity index (χ2v) is 3.56. The van der Waals surface area contributed by atoms with Gasteiger partial charge in [0.15, 0.2) is 0 Å². The Hall–Kier alpha value is -1.39. The van der Waals surface area contributed by atoms with Crippen LogP contribution in [0.25, 0.3) is 0 Å². The molecule has 2 rings (SSSR count). The molecule has 2 aromatic rings. The first-order valence-electron chi connectivity index (χ1n) is 4.37. The first-order chi connectivity index (χ1) is 7.15. The zero-order valence-corrected chi connectivity index (χ0v) is 10.1. The highest BCUT2D eigenvalue weighted by molar-refractivity contribution is 6.30. The van der Waals surface area contributed by atoms with Gasteiger partial charge in [-0.15, -0.1) is 17.5 Å². The van der Waals surface area contributed by atoms with E-state index in [1.165, 1.54) is 0 Å². The molecule has 1 heterocycles. The van der Waals surface area contributed by atoms with Crippen molar-refractivity contribution in [3.63, 3.8) is 0 Å². The molecular weight excluding hydrogens is 249 g/mol. The molecule has 1 aromatic carbocycles. The molecule has 4 nitrogen and oxygen atoms in total. The molecule has 0 spiro atoms. The Morgan fingerprint density at radius 3 is 2.44 bits per heavy atom. The Labute approximate surface area is 104 Å². The van der Waals surface area contributed by atoms with E-state index in [0.29, 0.717) is 22.3 Å². The van der Waals surface area contributed by atoms with Crippen LogP contribution in [0.2, 0.25) is 5.02 Å². The minimum Gasteiger partial charge on any atom is -0.436 e. The molecule has 0 aliphatic rings. The summed E-state index contributed by atoms with van der Waals surface area (Å²) in [4.78, 5) is 0. The molecule has 0 radical (unpaired) electrons. The van der Waals surface area contributed by atoms with Crippen LogP contribution in [-0.4, -0.2) is 9.78 Å². The molecule has 0 saturated heterocycles. The summed E-state index contributed by atoms with van der Waals surface area (Å²) in [6.45, 7) is 0. The summed E-state index contributed by atoms with van der Waals surface area (Å²) >= 11 is 5.75. The first kappa shape index (κ1) is 12.7. The van der Waals surface area contributed by atoms with Crippen molar-refractivity contribution >= 4 is 29.7 Å². The number of benzene rings is 1. The van der Waals surface area contributed by atoms with Crippen molar-refractivity contribution in [2.75, 3.05) is 5.73 Å². The fourth-order valence-electron chi connectivity index (χ4n) is 1.18. The Kier molecular flexibility index (Phi) is 4.04. The number of nitrogen functional groups attached to an aromatic ring is 1. The molecule has 0 unspecified atom stereocenters. The molecule has 2 N–H and O–H groups in total. The van der Waals surface area contributed by atoms with Crippen molar-refractivity contribution in [2.24, 2.45) is 7.05 Å². The molecule has 0 bridgehead atoms. The average Bonchev–Trinajstić information content (AvgIpc) is 2.49. The average molecular weight is 260 g/mol. The summed E-state index contributed by atoms with van der Waals surface area (Å²) in [5, 5.41) is 4.73. The molecule has 86 valence electrons. The van der Waals surface area contributed by atoms with Gasteiger partial charge in [0.2, 0.25) is 0 Å². The number of anilines is 1. The molecule has 0 aliphatic carbocycles. The van der Waals surface area contributed by atoms with Gasteiger partial charge in [-0.1, -0.05) is 11.6 Å². The molecule has 0 saturated carbocycles. The Morgan fingerprint density at radius 1 is 1.31 bits per heavy atom. The summed E-state index contributed by atoms with van der Waals surface area (Å²) in [6.07, 6.45) is 1.69. The van der Waals surface area contributed by atoms with Crippen LogP contribution in [0.1, 0.15) is 0 Å². The topological polar surface area (TPSA) is 53.1 Å². The maximum absolute atomic E-state index is 5.75. The monoisotopic (exact) mass is 259 g/mol. The minimum absolute atomic E-state index is 0. The standard InChI is InChI=1S/C10H10ClN3O.ClH/c1-14-6-9(12)10(13-14)15-8-4-2-7(11)3-5-8;/h2-6H,12H2,1H3;1H. The molecule has 16 heavy (non-hydrogen) atoms. The van der Waals surface area contributed by atoms with E-state index < -0.39 is 0 Å². The van der Waals surface area contributed by atoms with Gasteiger partial charge in [0.05, 0.1) is 6.20 Å². The molecule has 0 aliphatic heterocycles. The number of aromatic nitrogens is 2. The maximum Gasteiger partial charge on any atom is 0.261 e. The number of nitrogens with zero attached hydrogens (tertiary/aromatic N) is 2. The van der Waals surface area contributed by atoms with Crippen molar-refractivity contribution in [2.45, 2.75) is 0 Å². The van der Waals surface area contributed by atoms with Crippen LogP contribution in [0.5, 0.6) is 11.6 Å². The number of rotatable bonds is 2. The van der Waals surface area contributed by atoms with Gasteiger partial charge in [-0.2, -0.15) is 0 Å². The van der Waals surface area contributed by atoms with E-state index in [9.17, 15) is 0 Å². The number of ether oxygens (including phenoxy) is 1. The maximum atomic E-state index is 5.75. The van der Waals surface area contributed by atoms with Crippen molar-refractivity contribution in [3.05, 3.63) is 35.5 Å². The molecular formula is C10H11Cl2N3O. The predicted molar refractivity (Wildman–Crippen MR) is 66.4 cm³/mol. The second kappa shape index (κ2) is 5.09. The van der Waals surface area contributed by atoms with Crippen molar-refractivity contribution < 1.29 is 4.74 Å². The number of hydrogen-bond donors (Lipinski definition) is 1. The van der Waals surface area contributed by atoms with Crippen molar-refractivity contribution in [3.8, 4) is 11.6 Å². The Bertz CT molecular complexity index is 467. The summed E-state index contributed by atoms with van der Waals surface area (Å²) < 4.78 is 7.07. The van der Waals surface area contributed by atoms with Gasteiger partial charge >= 0.3 is 0 Å². The zero-order valence-electron chi connectivity index (χ0n) is 8.55. The van der Waals surface area contributed by atoms with E-state index in [4.69, 9.17) is 22.1 Å². The first-order valence-corrected chi connectivity index (χ1v) is 4.75. The SMILES string of the molecule is Cl.Cn1cc(N)c(Oc2ccc(Cl)cc2)n1. The fourth-order valence-corrected chi connectivity index (χ4v) is 1.31. The highest BCUT2D eigenvalue weighted by Crippen LogP contribution is 2.25. The van der Waals surface area contributed by atoms with Crippen molar-refractivity contribution in [1.29, 1.82) is 0 Å². The Balaban J connectivity index is 0.00000128. The highest BCUT2D eigenvalue weighted by atomic mass is 35.5. The van der Waals surface area contributed by atoms with Crippen LogP contribution in [0.3, 0.4) is 0 Å². The van der Waals surface area contributed by atoms with Crippen LogP contribution < -0.4 is 10.5 Å². The summed E-state index contributed by atoms with van der Waals surface area (Å²) in [7, 11) is 1.78. The van der Waals surface area contributed by atoms with Crippen molar-refractivity contribution in [1.82, 2.24) is 9.78 Å². The van der Waals surface area contributed by atoms with Crippen LogP contribution in [-0.2, 0) is 7.05 Å². The normalized spacial score (nSPS) is 9.62. The molecule has 1 aromatic heterocycles. The van der Waals surface area contributed by atoms with Crippen LogP contribution in [0.4, 0.5) is 5.69 Å². The van der Waals surface area contributed by atoms with Crippen LogP contribution in [0, 0.1) is 0 Å². The lowest BCUT2D eigenvalue weighted by atomic mass is 10.3. The fraction of sp³-hybridized carbons (Fsp3) is 0.100. The van der Waals surface area contributed by atoms with Crippen LogP contribution in [0.15, 0.2) is 30.5 Å². The van der Waals surface area contributed by atoms with E-state index >= 15 is 0 Å². The summed E-state index contributed by atoms with van der Waals surface area (Å²) in [5.74, 6) is 1.06. The Morgan fingerprint density at radius 2 is 1.94 bits per heavy atom. The van der Waals surface area contributed by atoms with E-state index in [0.717, 1.165) is 0 Å². The quantitative estimate of drug-likeness (QED) is 0.903. The number of nitrogens with two attached hydrogens (primary N) is 1. The van der Waals surface area contributed by atoms with E-state index in [1.807, 2.05) is 0 Å². The molecule has 6 heteroatoms. The number of halogens is 2. The van der Waals surface area contributed by atoms with E-state index in [1.54, 1.807) is 42.2 Å². The third kappa shape index (κ3) is 2.81. The lowest BCUT2D eigenvalue weighted by Crippen LogP contribution is -1.90. The number of aryl methyl sites for hydroxylation is 1. The van der Waals surface area contributed by atoms with Gasteiger partial charge in [0, 0.05) is 12.1 Å². The van der Waals surface area contributed by atoms with Gasteiger partial charge < -0.3 is 10.5 Å². The van der Waals surface area contributed by atoms with Gasteiger partial charge in [-0.25, -0.2) is 0 Å². The zero-order chi connectivity index (χ0) is 10.8. The summed E-state index contributed by atoms with van der Waals surface area (Å²) in [5.41, 5.74) is 6.19. The molecule has 0 amide bonds. The van der Waals surface area contributed by atoms with Gasteiger partial charge in [0.1, 0.15) is 11.4 Å². The van der Waals surface area contributed by atoms with Gasteiger partial charge in [0.25, 0.3) is 5.88 Å². The third-order valence-corrected chi connectivity index (χ3v) is 2.10. The lowest BCUT2D eigenvalue weighted by molar-refractivity contribution is 0.456. The molecule has 0 atom stereocenters. The third-order valence-electron chi connectivity index (χ3n) is 1.85. The van der Waals surface area contributed by atoms with Gasteiger partial charge in [-0.3, -0.25) is 4.68 Å². The smallest absolute Gasteiger partial charge is 0.261 e. The van der Waals surface area contributed by atoms with E-state index in [2.05, 4.69) is 5.10 Å². The van der Waals surface area contributed by atoms with E-state index in [-0.39, 0.29) is 12.4 Å². The highest BCUT2D eigenvalue weighted by Gasteiger charge is 2.06. The number of hydrogen-bond acceptors (Lipinski definition) is 3. The minimum atomic E-state index is 0. The molecule has 0 fully saturated rings. The van der Waals surface area contributed by atoms with Gasteiger partial charge in [-0.05, 0) is 24.3 Å². The predicted octanol–water partition coefficient (Wildman–Crippen LogP) is 2.87. The lowest BCUT2D eigenvalue weighted by Gasteiger charge is -2.02. The second-order valence-electron chi connectivity index (χ2n) is 3.12. The largest absolute Gasteiger partial charge is 0.436 e.